The molecule has 2 heterocycles. The molecule has 6 heteroatoms. The summed E-state index contributed by atoms with van der Waals surface area (Å²) in [5.41, 5.74) is 0.286. The van der Waals surface area contributed by atoms with Crippen LogP contribution in [0.5, 0.6) is 0 Å². The average Bonchev–Trinajstić information content (AvgIpc) is 3.33. The molecule has 4 rings (SSSR count). The number of halogens is 1. The number of amides is 2. The summed E-state index contributed by atoms with van der Waals surface area (Å²) in [6.07, 6.45) is 6.10. The molecule has 2 aliphatic carbocycles. The van der Waals surface area contributed by atoms with Gasteiger partial charge in [-0.1, -0.05) is 0 Å². The Labute approximate surface area is 131 Å². The topological polar surface area (TPSA) is 61.4 Å². The quantitative estimate of drug-likeness (QED) is 0.805. The van der Waals surface area contributed by atoms with Crippen LogP contribution < -0.4 is 10.6 Å². The van der Waals surface area contributed by atoms with Gasteiger partial charge in [0, 0.05) is 24.9 Å². The van der Waals surface area contributed by atoms with Crippen molar-refractivity contribution >= 4 is 24.2 Å². The summed E-state index contributed by atoms with van der Waals surface area (Å²) < 4.78 is 0. The second kappa shape index (κ2) is 5.43. The van der Waals surface area contributed by atoms with Crippen LogP contribution in [0, 0.1) is 11.3 Å². The van der Waals surface area contributed by atoms with Gasteiger partial charge in [-0.05, 0) is 50.6 Å². The second-order valence-corrected chi connectivity index (χ2v) is 7.06. The van der Waals surface area contributed by atoms with Crippen LogP contribution in [-0.2, 0) is 9.59 Å². The second-order valence-electron chi connectivity index (χ2n) is 7.06. The highest BCUT2D eigenvalue weighted by atomic mass is 35.5. The summed E-state index contributed by atoms with van der Waals surface area (Å²) >= 11 is 0. The van der Waals surface area contributed by atoms with Crippen LogP contribution in [0.3, 0.4) is 0 Å². The van der Waals surface area contributed by atoms with E-state index >= 15 is 0 Å². The third-order valence-corrected chi connectivity index (χ3v) is 5.60. The van der Waals surface area contributed by atoms with Gasteiger partial charge in [0.2, 0.25) is 11.8 Å². The maximum absolute atomic E-state index is 12.4. The highest BCUT2D eigenvalue weighted by Gasteiger charge is 2.58. The van der Waals surface area contributed by atoms with Crippen molar-refractivity contribution in [3.05, 3.63) is 0 Å². The molecular weight excluding hydrogens is 290 g/mol. The average molecular weight is 314 g/mol. The Balaban J connectivity index is 0.00000132. The van der Waals surface area contributed by atoms with E-state index in [1.807, 2.05) is 4.90 Å². The third-order valence-electron chi connectivity index (χ3n) is 5.60. The molecule has 118 valence electrons. The van der Waals surface area contributed by atoms with Gasteiger partial charge >= 0.3 is 0 Å². The van der Waals surface area contributed by atoms with Crippen LogP contribution in [-0.4, -0.2) is 48.4 Å². The SMILES string of the molecule is Cl.O=C(NC1CC(=O)N(C2CC2)C1)C1CC12CCNCC2. The smallest absolute Gasteiger partial charge is 0.225 e. The molecule has 4 fully saturated rings. The molecular formula is C15H24ClN3O2. The predicted molar refractivity (Wildman–Crippen MR) is 81.2 cm³/mol. The standard InChI is InChI=1S/C15H23N3O2.ClH/c19-13-7-10(9-18(13)11-1-2-11)17-14(20)12-8-15(12)3-5-16-6-4-15;/h10-12,16H,1-9H2,(H,17,20);1H. The molecule has 2 amide bonds. The molecule has 2 unspecified atom stereocenters. The first kappa shape index (κ1) is 15.1. The summed E-state index contributed by atoms with van der Waals surface area (Å²) in [7, 11) is 0. The van der Waals surface area contributed by atoms with E-state index in [-0.39, 0.29) is 41.6 Å². The number of hydrogen-bond donors (Lipinski definition) is 2. The minimum atomic E-state index is 0. The van der Waals surface area contributed by atoms with Crippen molar-refractivity contribution in [1.82, 2.24) is 15.5 Å². The fraction of sp³-hybridized carbons (Fsp3) is 0.867. The molecule has 5 nitrogen and oxygen atoms in total. The highest BCUT2D eigenvalue weighted by molar-refractivity contribution is 5.86. The van der Waals surface area contributed by atoms with Crippen LogP contribution in [0.25, 0.3) is 0 Å². The van der Waals surface area contributed by atoms with Crippen LogP contribution >= 0.6 is 12.4 Å². The fourth-order valence-corrected chi connectivity index (χ4v) is 4.06. The number of rotatable bonds is 3. The normalized spacial score (nSPS) is 33.7. The van der Waals surface area contributed by atoms with Crippen LogP contribution in [0.1, 0.15) is 38.5 Å². The summed E-state index contributed by atoms with van der Waals surface area (Å²) in [6, 6.07) is 0.524. The molecule has 0 radical (unpaired) electrons. The first-order valence-electron chi connectivity index (χ1n) is 7.98. The Hall–Kier alpha value is -0.810. The van der Waals surface area contributed by atoms with E-state index in [4.69, 9.17) is 0 Å². The molecule has 2 saturated carbocycles. The molecule has 2 aliphatic heterocycles. The van der Waals surface area contributed by atoms with Crippen molar-refractivity contribution < 1.29 is 9.59 Å². The van der Waals surface area contributed by atoms with Gasteiger partial charge in [-0.15, -0.1) is 12.4 Å². The molecule has 4 aliphatic rings. The predicted octanol–water partition coefficient (Wildman–Crippen LogP) is 0.677. The molecule has 2 N–H and O–H groups in total. The minimum absolute atomic E-state index is 0. The van der Waals surface area contributed by atoms with Gasteiger partial charge < -0.3 is 15.5 Å². The first-order valence-corrected chi connectivity index (χ1v) is 7.98. The molecule has 0 aromatic heterocycles. The zero-order chi connectivity index (χ0) is 13.7. The van der Waals surface area contributed by atoms with Crippen molar-refractivity contribution in [3.8, 4) is 0 Å². The highest BCUT2D eigenvalue weighted by Crippen LogP contribution is 2.58. The molecule has 0 aromatic carbocycles. The zero-order valence-corrected chi connectivity index (χ0v) is 13.1. The van der Waals surface area contributed by atoms with Gasteiger partial charge in [-0.3, -0.25) is 9.59 Å². The number of nitrogens with one attached hydrogen (secondary N) is 2. The van der Waals surface area contributed by atoms with Crippen molar-refractivity contribution in [2.24, 2.45) is 11.3 Å². The van der Waals surface area contributed by atoms with E-state index in [9.17, 15) is 9.59 Å². The van der Waals surface area contributed by atoms with E-state index in [0.29, 0.717) is 12.5 Å². The minimum Gasteiger partial charge on any atom is -0.351 e. The lowest BCUT2D eigenvalue weighted by atomic mass is 9.91. The lowest BCUT2D eigenvalue weighted by Crippen LogP contribution is -2.40. The first-order chi connectivity index (χ1) is 9.68. The van der Waals surface area contributed by atoms with Gasteiger partial charge in [0.15, 0.2) is 0 Å². The zero-order valence-electron chi connectivity index (χ0n) is 12.3. The van der Waals surface area contributed by atoms with Crippen LogP contribution in [0.2, 0.25) is 0 Å². The number of hydrogen-bond acceptors (Lipinski definition) is 3. The molecule has 21 heavy (non-hydrogen) atoms. The van der Waals surface area contributed by atoms with Crippen molar-refractivity contribution in [2.75, 3.05) is 19.6 Å². The van der Waals surface area contributed by atoms with Gasteiger partial charge in [-0.2, -0.15) is 0 Å². The van der Waals surface area contributed by atoms with Crippen LogP contribution in [0.15, 0.2) is 0 Å². The van der Waals surface area contributed by atoms with E-state index in [0.717, 1.165) is 51.7 Å². The monoisotopic (exact) mass is 313 g/mol. The van der Waals surface area contributed by atoms with E-state index in [1.165, 1.54) is 0 Å². The lowest BCUT2D eigenvalue weighted by molar-refractivity contribution is -0.128. The van der Waals surface area contributed by atoms with E-state index in [2.05, 4.69) is 10.6 Å². The Morgan fingerprint density at radius 3 is 2.67 bits per heavy atom. The molecule has 0 bridgehead atoms. The largest absolute Gasteiger partial charge is 0.351 e. The molecule has 2 atom stereocenters. The Morgan fingerprint density at radius 2 is 2.00 bits per heavy atom. The van der Waals surface area contributed by atoms with Gasteiger partial charge in [-0.25, -0.2) is 0 Å². The van der Waals surface area contributed by atoms with E-state index in [1.54, 1.807) is 0 Å². The number of carbonyl (C=O) groups is 2. The molecule has 0 aromatic rings. The van der Waals surface area contributed by atoms with Crippen molar-refractivity contribution in [2.45, 2.75) is 50.6 Å². The maximum Gasteiger partial charge on any atom is 0.225 e. The van der Waals surface area contributed by atoms with Crippen molar-refractivity contribution in [3.63, 3.8) is 0 Å². The summed E-state index contributed by atoms with van der Waals surface area (Å²) in [5.74, 6) is 0.627. The Bertz CT molecular complexity index is 446. The number of piperidine rings is 1. The molecule has 2 saturated heterocycles. The molecule has 1 spiro atoms. The van der Waals surface area contributed by atoms with Crippen LogP contribution in [0.4, 0.5) is 0 Å². The Morgan fingerprint density at radius 1 is 1.29 bits per heavy atom. The van der Waals surface area contributed by atoms with Gasteiger partial charge in [0.1, 0.15) is 0 Å². The van der Waals surface area contributed by atoms with Gasteiger partial charge in [0.25, 0.3) is 0 Å². The summed E-state index contributed by atoms with van der Waals surface area (Å²) in [4.78, 5) is 26.2. The fourth-order valence-electron chi connectivity index (χ4n) is 4.06. The van der Waals surface area contributed by atoms with Crippen molar-refractivity contribution in [1.29, 1.82) is 0 Å². The number of carbonyl (C=O) groups excluding carboxylic acids is 2. The summed E-state index contributed by atoms with van der Waals surface area (Å²) in [5, 5.41) is 6.49. The maximum atomic E-state index is 12.4. The number of nitrogens with zero attached hydrogens (tertiary/aromatic N) is 1. The van der Waals surface area contributed by atoms with E-state index < -0.39 is 0 Å². The van der Waals surface area contributed by atoms with Gasteiger partial charge in [0.05, 0.1) is 6.04 Å². The Kier molecular flexibility index (Phi) is 3.91. The summed E-state index contributed by atoms with van der Waals surface area (Å²) in [6.45, 7) is 2.82. The third kappa shape index (κ3) is 2.78. The number of likely N-dealkylation sites (tertiary alicyclic amines) is 1. The lowest BCUT2D eigenvalue weighted by Gasteiger charge is -2.23.